The predicted octanol–water partition coefficient (Wildman–Crippen LogP) is 6.25. The average Bonchev–Trinajstić information content (AvgIpc) is 2.56. The van der Waals surface area contributed by atoms with Crippen LogP contribution in [0.2, 0.25) is 0 Å². The van der Waals surface area contributed by atoms with Crippen molar-refractivity contribution in [1.82, 2.24) is 0 Å². The number of benzene rings is 1. The first-order valence-corrected chi connectivity index (χ1v) is 8.23. The maximum atomic E-state index is 6.76. The van der Waals surface area contributed by atoms with Gasteiger partial charge in [-0.2, -0.15) is 0 Å². The number of halogens is 1. The van der Waals surface area contributed by atoms with Crippen LogP contribution in [0, 0.1) is 26.7 Å². The smallest absolute Gasteiger partial charge is 0.0593 e. The molecule has 0 amide bonds. The summed E-state index contributed by atoms with van der Waals surface area (Å²) in [5.41, 5.74) is 5.46. The molecule has 1 fully saturated rings. The quantitative estimate of drug-likeness (QED) is 0.453. The van der Waals surface area contributed by atoms with Gasteiger partial charge in [-0.3, -0.25) is 0 Å². The minimum absolute atomic E-state index is 0.198. The second-order valence-electron chi connectivity index (χ2n) is 6.37. The first kappa shape index (κ1) is 14.9. The molecule has 1 aliphatic carbocycles. The Balaban J connectivity index is 2.08. The van der Waals surface area contributed by atoms with Gasteiger partial charge in [-0.05, 0) is 49.8 Å². The van der Waals surface area contributed by atoms with Crippen molar-refractivity contribution >= 4 is 11.6 Å². The van der Waals surface area contributed by atoms with Gasteiger partial charge in [0.15, 0.2) is 0 Å². The molecule has 0 bridgehead atoms. The zero-order valence-corrected chi connectivity index (χ0v) is 13.4. The van der Waals surface area contributed by atoms with E-state index in [1.807, 2.05) is 0 Å². The zero-order chi connectivity index (χ0) is 13.8. The number of hydrogen-bond acceptors (Lipinski definition) is 0. The molecule has 0 nitrogen and oxygen atoms in total. The maximum absolute atomic E-state index is 6.76. The predicted molar refractivity (Wildman–Crippen MR) is 85.1 cm³/mol. The molecule has 2 rings (SSSR count). The lowest BCUT2D eigenvalue weighted by Gasteiger charge is -2.21. The Kier molecular flexibility index (Phi) is 5.33. The molecule has 0 heterocycles. The molecule has 1 saturated carbocycles. The summed E-state index contributed by atoms with van der Waals surface area (Å²) in [6.07, 6.45) is 9.57. The highest BCUT2D eigenvalue weighted by molar-refractivity contribution is 6.21. The van der Waals surface area contributed by atoms with Crippen molar-refractivity contribution in [2.24, 2.45) is 5.92 Å². The van der Waals surface area contributed by atoms with Gasteiger partial charge in [-0.1, -0.05) is 56.2 Å². The van der Waals surface area contributed by atoms with Crippen LogP contribution in [0.4, 0.5) is 0 Å². The SMILES string of the molecule is Cc1cc(C)c(C(Cl)CC2CCCCCC2)c(C)c1. The van der Waals surface area contributed by atoms with Crippen molar-refractivity contribution in [2.75, 3.05) is 0 Å². The molecule has 106 valence electrons. The maximum Gasteiger partial charge on any atom is 0.0593 e. The largest absolute Gasteiger partial charge is 0.118 e. The summed E-state index contributed by atoms with van der Waals surface area (Å²) in [5.74, 6) is 0.838. The van der Waals surface area contributed by atoms with E-state index in [-0.39, 0.29) is 5.38 Å². The van der Waals surface area contributed by atoms with Crippen LogP contribution < -0.4 is 0 Å². The molecule has 1 unspecified atom stereocenters. The van der Waals surface area contributed by atoms with Gasteiger partial charge in [0, 0.05) is 0 Å². The van der Waals surface area contributed by atoms with E-state index in [9.17, 15) is 0 Å². The van der Waals surface area contributed by atoms with Gasteiger partial charge in [-0.25, -0.2) is 0 Å². The summed E-state index contributed by atoms with van der Waals surface area (Å²) in [7, 11) is 0. The Labute approximate surface area is 123 Å². The first-order valence-electron chi connectivity index (χ1n) is 7.79. The number of aryl methyl sites for hydroxylation is 3. The molecule has 19 heavy (non-hydrogen) atoms. The Morgan fingerprint density at radius 2 is 1.53 bits per heavy atom. The van der Waals surface area contributed by atoms with E-state index in [1.165, 1.54) is 60.8 Å². The topological polar surface area (TPSA) is 0 Å². The molecule has 0 aliphatic heterocycles. The van der Waals surface area contributed by atoms with Crippen LogP contribution in [0.3, 0.4) is 0 Å². The van der Waals surface area contributed by atoms with Crippen molar-refractivity contribution in [3.05, 3.63) is 34.4 Å². The highest BCUT2D eigenvalue weighted by Gasteiger charge is 2.20. The molecule has 0 saturated heterocycles. The van der Waals surface area contributed by atoms with E-state index in [1.54, 1.807) is 0 Å². The minimum Gasteiger partial charge on any atom is -0.118 e. The summed E-state index contributed by atoms with van der Waals surface area (Å²) < 4.78 is 0. The summed E-state index contributed by atoms with van der Waals surface area (Å²) in [6.45, 7) is 6.58. The Hall–Kier alpha value is -0.490. The van der Waals surface area contributed by atoms with Gasteiger partial charge in [0.25, 0.3) is 0 Å². The molecule has 1 heteroatoms. The molecule has 1 aliphatic rings. The van der Waals surface area contributed by atoms with Crippen LogP contribution in [0.5, 0.6) is 0 Å². The van der Waals surface area contributed by atoms with E-state index in [2.05, 4.69) is 32.9 Å². The minimum atomic E-state index is 0.198. The fourth-order valence-electron chi connectivity index (χ4n) is 3.70. The Bertz CT molecular complexity index is 391. The van der Waals surface area contributed by atoms with Crippen LogP contribution in [0.25, 0.3) is 0 Å². The summed E-state index contributed by atoms with van der Waals surface area (Å²) >= 11 is 6.76. The van der Waals surface area contributed by atoms with Gasteiger partial charge < -0.3 is 0 Å². The van der Waals surface area contributed by atoms with Crippen LogP contribution in [-0.2, 0) is 0 Å². The highest BCUT2D eigenvalue weighted by atomic mass is 35.5. The van der Waals surface area contributed by atoms with Crippen molar-refractivity contribution in [3.8, 4) is 0 Å². The van der Waals surface area contributed by atoms with Crippen molar-refractivity contribution in [2.45, 2.75) is 71.1 Å². The first-order chi connectivity index (χ1) is 9.08. The monoisotopic (exact) mass is 278 g/mol. The summed E-state index contributed by atoms with van der Waals surface area (Å²) in [5, 5.41) is 0.198. The van der Waals surface area contributed by atoms with E-state index in [0.29, 0.717) is 0 Å². The lowest BCUT2D eigenvalue weighted by atomic mass is 9.89. The van der Waals surface area contributed by atoms with E-state index in [4.69, 9.17) is 11.6 Å². The van der Waals surface area contributed by atoms with Crippen LogP contribution in [0.1, 0.15) is 72.6 Å². The molecular formula is C18H27Cl. The van der Waals surface area contributed by atoms with Crippen molar-refractivity contribution in [1.29, 1.82) is 0 Å². The van der Waals surface area contributed by atoms with Crippen LogP contribution in [0.15, 0.2) is 12.1 Å². The normalized spacial score (nSPS) is 19.2. The molecular weight excluding hydrogens is 252 g/mol. The van der Waals surface area contributed by atoms with Crippen LogP contribution >= 0.6 is 11.6 Å². The number of hydrogen-bond donors (Lipinski definition) is 0. The third-order valence-electron chi connectivity index (χ3n) is 4.57. The fraction of sp³-hybridized carbons (Fsp3) is 0.667. The molecule has 0 N–H and O–H groups in total. The van der Waals surface area contributed by atoms with Gasteiger partial charge >= 0.3 is 0 Å². The fourth-order valence-corrected chi connectivity index (χ4v) is 4.29. The molecule has 1 aromatic carbocycles. The van der Waals surface area contributed by atoms with Crippen LogP contribution in [-0.4, -0.2) is 0 Å². The lowest BCUT2D eigenvalue weighted by molar-refractivity contribution is 0.422. The standard InChI is InChI=1S/C18H27Cl/c1-13-10-14(2)18(15(3)11-13)17(19)12-16-8-6-4-5-7-9-16/h10-11,16-17H,4-9,12H2,1-3H3. The van der Waals surface area contributed by atoms with Gasteiger partial charge in [-0.15, -0.1) is 11.6 Å². The molecule has 0 radical (unpaired) electrons. The molecule has 0 aromatic heterocycles. The second-order valence-corrected chi connectivity index (χ2v) is 6.90. The molecule has 1 atom stereocenters. The Morgan fingerprint density at radius 3 is 2.05 bits per heavy atom. The summed E-state index contributed by atoms with van der Waals surface area (Å²) in [6, 6.07) is 4.54. The third-order valence-corrected chi connectivity index (χ3v) is 4.96. The highest BCUT2D eigenvalue weighted by Crippen LogP contribution is 2.37. The van der Waals surface area contributed by atoms with Gasteiger partial charge in [0.1, 0.15) is 0 Å². The molecule has 1 aromatic rings. The zero-order valence-electron chi connectivity index (χ0n) is 12.6. The number of alkyl halides is 1. The third kappa shape index (κ3) is 3.99. The van der Waals surface area contributed by atoms with Gasteiger partial charge in [0.2, 0.25) is 0 Å². The van der Waals surface area contributed by atoms with Gasteiger partial charge in [0.05, 0.1) is 5.38 Å². The van der Waals surface area contributed by atoms with E-state index in [0.717, 1.165) is 12.3 Å². The second kappa shape index (κ2) is 6.79. The summed E-state index contributed by atoms with van der Waals surface area (Å²) in [4.78, 5) is 0. The molecule has 0 spiro atoms. The average molecular weight is 279 g/mol. The Morgan fingerprint density at radius 1 is 1.00 bits per heavy atom. The van der Waals surface area contributed by atoms with E-state index >= 15 is 0 Å². The number of rotatable bonds is 3. The lowest BCUT2D eigenvalue weighted by Crippen LogP contribution is -2.06. The van der Waals surface area contributed by atoms with E-state index < -0.39 is 0 Å². The van der Waals surface area contributed by atoms with Crippen molar-refractivity contribution < 1.29 is 0 Å². The van der Waals surface area contributed by atoms with Crippen molar-refractivity contribution in [3.63, 3.8) is 0 Å².